The van der Waals surface area contributed by atoms with Crippen LogP contribution in [0.3, 0.4) is 0 Å². The van der Waals surface area contributed by atoms with E-state index in [1.54, 1.807) is 0 Å². The quantitative estimate of drug-likeness (QED) is 0.110. The van der Waals surface area contributed by atoms with E-state index in [9.17, 15) is 28.2 Å². The first-order valence-electron chi connectivity index (χ1n) is 18.0. The van der Waals surface area contributed by atoms with Crippen molar-refractivity contribution in [2.24, 2.45) is 0 Å². The number of hydrogen-bond donors (Lipinski definition) is 1. The molecule has 0 fully saturated rings. The first kappa shape index (κ1) is 46.1. The highest BCUT2D eigenvalue weighted by molar-refractivity contribution is 7.85. The molecule has 0 heterocycles. The summed E-state index contributed by atoms with van der Waals surface area (Å²) < 4.78 is 32.8. The fourth-order valence-corrected chi connectivity index (χ4v) is 6.12. The Morgan fingerprint density at radius 2 is 0.783 bits per heavy atom. The fourth-order valence-electron chi connectivity index (χ4n) is 5.56. The van der Waals surface area contributed by atoms with Crippen molar-refractivity contribution in [2.45, 2.75) is 137 Å². The molecule has 1 N–H and O–H groups in total. The highest BCUT2D eigenvalue weighted by atomic mass is 32.2. The van der Waals surface area contributed by atoms with Crippen molar-refractivity contribution in [1.82, 2.24) is 0 Å². The van der Waals surface area contributed by atoms with Crippen LogP contribution in [-0.2, 0) is 10.1 Å². The van der Waals surface area contributed by atoms with Gasteiger partial charge in [-0.3, -0.25) is 4.55 Å². The topological polar surface area (TPSA) is 135 Å². The number of nitrogens with zero attached hydrogens (tertiary/aromatic N) is 2. The van der Waals surface area contributed by atoms with Crippen LogP contribution in [0.1, 0.15) is 153 Å². The minimum Gasteiger partial charge on any atom is -0.545 e. The lowest BCUT2D eigenvalue weighted by Gasteiger charge is -2.38. The summed E-state index contributed by atoms with van der Waals surface area (Å²) in [5.41, 5.74) is -1.37. The standard InChI is InChI=1S/2C14H32N.C8H6O7S/c2*1-5-9-12-15(8-4,13-10-6-2)14-11-7-3;9-7(10)4-1-5(8(11)12)3-6(2-4)16(13,14)15/h2*5-14H2,1-4H3;1-3H,(H,9,10)(H,11,12)(H,13,14,15)/q2*+1;/p-2. The number of aromatic carboxylic acids is 2. The zero-order chi connectivity index (χ0) is 35.7. The van der Waals surface area contributed by atoms with Crippen LogP contribution in [0.2, 0.25) is 0 Å². The molecular weight excluding hydrogens is 604 g/mol. The molecule has 0 spiro atoms. The molecule has 0 amide bonds. The number of hydrogen-bond acceptors (Lipinski definition) is 6. The number of carboxylic acid groups (broad SMARTS) is 2. The van der Waals surface area contributed by atoms with E-state index in [1.807, 2.05) is 0 Å². The summed E-state index contributed by atoms with van der Waals surface area (Å²) in [6.07, 6.45) is 16.5. The molecule has 0 unspecified atom stereocenters. The minimum atomic E-state index is -4.70. The monoisotopic (exact) mass is 672 g/mol. The summed E-state index contributed by atoms with van der Waals surface area (Å²) in [6, 6.07) is 1.83. The summed E-state index contributed by atoms with van der Waals surface area (Å²) in [4.78, 5) is 20.1. The maximum Gasteiger partial charge on any atom is 0.294 e. The first-order valence-corrected chi connectivity index (χ1v) is 19.4. The van der Waals surface area contributed by atoms with E-state index >= 15 is 0 Å². The number of carbonyl (C=O) groups is 2. The second-order valence-electron chi connectivity index (χ2n) is 12.6. The third-order valence-electron chi connectivity index (χ3n) is 8.93. The van der Waals surface area contributed by atoms with Gasteiger partial charge in [-0.05, 0) is 81.7 Å². The van der Waals surface area contributed by atoms with E-state index in [4.69, 9.17) is 4.55 Å². The van der Waals surface area contributed by atoms with Crippen LogP contribution in [0.15, 0.2) is 23.1 Å². The molecular formula is C36H68N2O7S. The number of carbonyl (C=O) groups excluding carboxylic acids is 2. The molecule has 0 saturated carbocycles. The largest absolute Gasteiger partial charge is 0.545 e. The number of carboxylic acids is 2. The third-order valence-corrected chi connectivity index (χ3v) is 9.76. The van der Waals surface area contributed by atoms with Crippen LogP contribution in [0.25, 0.3) is 0 Å². The molecule has 1 aromatic carbocycles. The zero-order valence-corrected chi connectivity index (χ0v) is 31.4. The van der Waals surface area contributed by atoms with E-state index in [0.717, 1.165) is 0 Å². The molecule has 46 heavy (non-hydrogen) atoms. The molecule has 0 aliphatic heterocycles. The smallest absolute Gasteiger partial charge is 0.294 e. The Balaban J connectivity index is 0. The molecule has 1 aromatic rings. The van der Waals surface area contributed by atoms with Crippen molar-refractivity contribution in [3.63, 3.8) is 0 Å². The number of benzene rings is 1. The summed E-state index contributed by atoms with van der Waals surface area (Å²) >= 11 is 0. The summed E-state index contributed by atoms with van der Waals surface area (Å²) in [5, 5.41) is 20.9. The van der Waals surface area contributed by atoms with Gasteiger partial charge in [0.25, 0.3) is 10.1 Å². The Morgan fingerprint density at radius 3 is 0.935 bits per heavy atom. The van der Waals surface area contributed by atoms with Gasteiger partial charge in [-0.15, -0.1) is 0 Å². The van der Waals surface area contributed by atoms with Crippen LogP contribution in [0, 0.1) is 0 Å². The number of rotatable bonds is 23. The van der Waals surface area contributed by atoms with Gasteiger partial charge in [-0.2, -0.15) is 8.42 Å². The normalized spacial score (nSPS) is 11.7. The van der Waals surface area contributed by atoms with Crippen molar-refractivity contribution < 1.29 is 41.7 Å². The van der Waals surface area contributed by atoms with Gasteiger partial charge >= 0.3 is 0 Å². The second kappa shape index (κ2) is 26.0. The predicted octanol–water partition coefficient (Wildman–Crippen LogP) is 6.11. The molecule has 0 atom stereocenters. The van der Waals surface area contributed by atoms with Crippen molar-refractivity contribution in [1.29, 1.82) is 0 Å². The van der Waals surface area contributed by atoms with Gasteiger partial charge in [0.15, 0.2) is 0 Å². The maximum atomic E-state index is 10.7. The van der Waals surface area contributed by atoms with Crippen molar-refractivity contribution in [2.75, 3.05) is 52.4 Å². The summed E-state index contributed by atoms with van der Waals surface area (Å²) in [7, 11) is -4.70. The Bertz CT molecular complexity index is 953. The van der Waals surface area contributed by atoms with Crippen LogP contribution in [0.5, 0.6) is 0 Å². The number of quaternary nitrogens is 2. The maximum absolute atomic E-state index is 10.7. The molecule has 270 valence electrons. The lowest BCUT2D eigenvalue weighted by Crippen LogP contribution is -2.49. The van der Waals surface area contributed by atoms with E-state index in [2.05, 4.69) is 55.4 Å². The van der Waals surface area contributed by atoms with Gasteiger partial charge in [0.1, 0.15) is 0 Å². The van der Waals surface area contributed by atoms with E-state index in [-0.39, 0.29) is 0 Å². The molecule has 0 bridgehead atoms. The lowest BCUT2D eigenvalue weighted by molar-refractivity contribution is -0.927. The molecule has 10 heteroatoms. The van der Waals surface area contributed by atoms with Gasteiger partial charge in [0, 0.05) is 0 Å². The van der Waals surface area contributed by atoms with Crippen LogP contribution in [0.4, 0.5) is 0 Å². The zero-order valence-electron chi connectivity index (χ0n) is 30.6. The first-order chi connectivity index (χ1) is 21.7. The van der Waals surface area contributed by atoms with Crippen molar-refractivity contribution >= 4 is 22.1 Å². The highest BCUT2D eigenvalue weighted by Gasteiger charge is 2.24. The molecule has 0 aromatic heterocycles. The van der Waals surface area contributed by atoms with Crippen LogP contribution in [-0.4, -0.2) is 86.2 Å². The molecule has 0 radical (unpaired) electrons. The molecule has 9 nitrogen and oxygen atoms in total. The van der Waals surface area contributed by atoms with E-state index in [1.165, 1.54) is 138 Å². The predicted molar refractivity (Wildman–Crippen MR) is 185 cm³/mol. The fraction of sp³-hybridized carbons (Fsp3) is 0.778. The van der Waals surface area contributed by atoms with Gasteiger partial charge in [-0.1, -0.05) is 80.1 Å². The Kier molecular flexibility index (Phi) is 26.1. The summed E-state index contributed by atoms with van der Waals surface area (Å²) in [6.45, 7) is 29.7. The van der Waals surface area contributed by atoms with Gasteiger partial charge < -0.3 is 28.8 Å². The van der Waals surface area contributed by atoms with Gasteiger partial charge in [0.05, 0.1) is 69.2 Å². The molecule has 1 rings (SSSR count). The van der Waals surface area contributed by atoms with E-state index in [0.29, 0.717) is 18.2 Å². The van der Waals surface area contributed by atoms with Crippen molar-refractivity contribution in [3.05, 3.63) is 29.3 Å². The average Bonchev–Trinajstić information content (AvgIpc) is 3.04. The molecule has 0 aliphatic carbocycles. The van der Waals surface area contributed by atoms with Gasteiger partial charge in [-0.25, -0.2) is 0 Å². The Morgan fingerprint density at radius 1 is 0.543 bits per heavy atom. The third kappa shape index (κ3) is 19.6. The van der Waals surface area contributed by atoms with Crippen LogP contribution >= 0.6 is 0 Å². The number of unbranched alkanes of at least 4 members (excludes halogenated alkanes) is 6. The second-order valence-corrected chi connectivity index (χ2v) is 14.0. The highest BCUT2D eigenvalue weighted by Crippen LogP contribution is 2.16. The van der Waals surface area contributed by atoms with Gasteiger partial charge in [0.2, 0.25) is 0 Å². The lowest BCUT2D eigenvalue weighted by atomic mass is 10.1. The Labute approximate surface area is 282 Å². The van der Waals surface area contributed by atoms with Crippen LogP contribution < -0.4 is 10.2 Å². The SMILES string of the molecule is CCCC[N+](CC)(CCCC)CCCC.CCCC[N+](CC)(CCCC)CCCC.O=C([O-])c1cc(C(=O)[O-])cc(S(=O)(=O)O)c1. The Hall–Kier alpha value is -2.01. The minimum absolute atomic E-state index is 0.580. The summed E-state index contributed by atoms with van der Waals surface area (Å²) in [5.74, 6) is -3.54. The van der Waals surface area contributed by atoms with Crippen molar-refractivity contribution in [3.8, 4) is 0 Å². The van der Waals surface area contributed by atoms with E-state index < -0.39 is 38.1 Å². The average molecular weight is 673 g/mol. The molecule has 0 aliphatic rings. The molecule has 0 saturated heterocycles.